The van der Waals surface area contributed by atoms with Crippen molar-refractivity contribution < 1.29 is 26.7 Å². The van der Waals surface area contributed by atoms with Gasteiger partial charge in [-0.25, -0.2) is 26.8 Å². The minimum Gasteiger partial charge on any atom is -0.478 e. The van der Waals surface area contributed by atoms with Gasteiger partial charge in [0, 0.05) is 0 Å². The molecule has 2 aromatic rings. The molecule has 0 atom stereocenters. The molecule has 2 aromatic carbocycles. The Bertz CT molecular complexity index is 967. The first-order chi connectivity index (χ1) is 10.6. The van der Waals surface area contributed by atoms with Gasteiger partial charge in [-0.05, 0) is 30.3 Å². The molecule has 4 N–H and O–H groups in total. The van der Waals surface area contributed by atoms with E-state index in [-0.39, 0.29) is 10.6 Å². The van der Waals surface area contributed by atoms with E-state index in [9.17, 15) is 21.6 Å². The molecule has 0 saturated carbocycles. The molecule has 0 radical (unpaired) electrons. The van der Waals surface area contributed by atoms with Crippen LogP contribution in [0.2, 0.25) is 0 Å². The van der Waals surface area contributed by atoms with E-state index in [2.05, 4.69) is 4.72 Å². The minimum absolute atomic E-state index is 0.0586. The number of nitrogens with two attached hydrogens (primary N) is 1. The van der Waals surface area contributed by atoms with Crippen LogP contribution in [0.15, 0.2) is 58.3 Å². The fourth-order valence-electron chi connectivity index (χ4n) is 1.82. The van der Waals surface area contributed by atoms with Crippen LogP contribution in [0.3, 0.4) is 0 Å². The van der Waals surface area contributed by atoms with Crippen LogP contribution >= 0.6 is 0 Å². The van der Waals surface area contributed by atoms with Crippen LogP contribution in [-0.2, 0) is 20.0 Å². The molecule has 0 aromatic heterocycles. The van der Waals surface area contributed by atoms with Crippen LogP contribution < -0.4 is 9.86 Å². The molecule has 10 heteroatoms. The lowest BCUT2D eigenvalue weighted by molar-refractivity contribution is 0.0692. The molecule has 0 heterocycles. The van der Waals surface area contributed by atoms with E-state index in [1.165, 1.54) is 30.3 Å². The summed E-state index contributed by atoms with van der Waals surface area (Å²) < 4.78 is 49.4. The first-order valence-electron chi connectivity index (χ1n) is 6.09. The van der Waals surface area contributed by atoms with Crippen LogP contribution in [0.4, 0.5) is 5.69 Å². The van der Waals surface area contributed by atoms with E-state index in [0.717, 1.165) is 18.2 Å². The topological polar surface area (TPSA) is 144 Å². The molecule has 0 unspecified atom stereocenters. The molecule has 0 bridgehead atoms. The normalized spacial score (nSPS) is 11.9. The van der Waals surface area contributed by atoms with Crippen molar-refractivity contribution in [3.8, 4) is 0 Å². The van der Waals surface area contributed by atoms with Gasteiger partial charge in [0.15, 0.2) is 0 Å². The number of benzene rings is 2. The van der Waals surface area contributed by atoms with Crippen molar-refractivity contribution in [1.82, 2.24) is 0 Å². The smallest absolute Gasteiger partial charge is 0.337 e. The Kier molecular flexibility index (Phi) is 4.41. The van der Waals surface area contributed by atoms with Crippen molar-refractivity contribution >= 4 is 31.7 Å². The van der Waals surface area contributed by atoms with Crippen LogP contribution in [0, 0.1) is 0 Å². The molecule has 0 aliphatic carbocycles. The van der Waals surface area contributed by atoms with Crippen LogP contribution in [0.1, 0.15) is 10.4 Å². The summed E-state index contributed by atoms with van der Waals surface area (Å²) in [5, 5.41) is 14.0. The van der Waals surface area contributed by atoms with Gasteiger partial charge in [-0.15, -0.1) is 0 Å². The fraction of sp³-hybridized carbons (Fsp3) is 0. The van der Waals surface area contributed by atoms with Crippen molar-refractivity contribution in [2.24, 2.45) is 5.14 Å². The van der Waals surface area contributed by atoms with Gasteiger partial charge < -0.3 is 5.11 Å². The number of nitrogens with one attached hydrogen (secondary N) is 1. The highest BCUT2D eigenvalue weighted by atomic mass is 32.2. The summed E-state index contributed by atoms with van der Waals surface area (Å²) >= 11 is 0. The predicted octanol–water partition coefficient (Wildman–Crippen LogP) is 0.833. The molecule has 0 saturated heterocycles. The molecule has 122 valence electrons. The first kappa shape index (κ1) is 16.9. The fourth-order valence-corrected chi connectivity index (χ4v) is 3.63. The van der Waals surface area contributed by atoms with Gasteiger partial charge in [-0.1, -0.05) is 18.2 Å². The molecular formula is C13H12N2O6S2. The second-order valence-electron chi connectivity index (χ2n) is 4.48. The maximum Gasteiger partial charge on any atom is 0.337 e. The number of primary sulfonamides is 1. The number of anilines is 1. The molecule has 0 spiro atoms. The van der Waals surface area contributed by atoms with Crippen molar-refractivity contribution in [2.45, 2.75) is 9.79 Å². The molecule has 0 amide bonds. The quantitative estimate of drug-likeness (QED) is 0.724. The summed E-state index contributed by atoms with van der Waals surface area (Å²) in [4.78, 5) is 10.4. The van der Waals surface area contributed by atoms with E-state index in [0.29, 0.717) is 0 Å². The van der Waals surface area contributed by atoms with Gasteiger partial charge in [0.25, 0.3) is 10.0 Å². The van der Waals surface area contributed by atoms with Crippen LogP contribution in [0.25, 0.3) is 0 Å². The average molecular weight is 356 g/mol. The molecule has 2 rings (SSSR count). The van der Waals surface area contributed by atoms with Gasteiger partial charge in [0.05, 0.1) is 16.1 Å². The highest BCUT2D eigenvalue weighted by Gasteiger charge is 2.22. The third-order valence-electron chi connectivity index (χ3n) is 2.82. The van der Waals surface area contributed by atoms with E-state index in [4.69, 9.17) is 10.2 Å². The minimum atomic E-state index is -4.22. The third-order valence-corrected chi connectivity index (χ3v) is 5.17. The zero-order chi connectivity index (χ0) is 17.3. The van der Waals surface area contributed by atoms with Gasteiger partial charge >= 0.3 is 5.97 Å². The predicted molar refractivity (Wildman–Crippen MR) is 82.0 cm³/mol. The molecule has 23 heavy (non-hydrogen) atoms. The van der Waals surface area contributed by atoms with Gasteiger partial charge in [0.2, 0.25) is 10.0 Å². The third kappa shape index (κ3) is 3.86. The average Bonchev–Trinajstić information content (AvgIpc) is 2.46. The van der Waals surface area contributed by atoms with E-state index < -0.39 is 36.5 Å². The Morgan fingerprint density at radius 2 is 1.65 bits per heavy atom. The van der Waals surface area contributed by atoms with E-state index in [1.54, 1.807) is 0 Å². The summed E-state index contributed by atoms with van der Waals surface area (Å²) in [5.74, 6) is -1.40. The summed E-state index contributed by atoms with van der Waals surface area (Å²) in [5.41, 5.74) is -0.459. The number of aromatic carboxylic acids is 1. The monoisotopic (exact) mass is 356 g/mol. The summed E-state index contributed by atoms with van der Waals surface area (Å²) in [7, 11) is -8.21. The molecule has 0 fully saturated rings. The Morgan fingerprint density at radius 1 is 1.00 bits per heavy atom. The van der Waals surface area contributed by atoms with Gasteiger partial charge in [-0.2, -0.15) is 0 Å². The van der Waals surface area contributed by atoms with Crippen molar-refractivity contribution in [3.63, 3.8) is 0 Å². The lowest BCUT2D eigenvalue weighted by Gasteiger charge is -2.11. The van der Waals surface area contributed by atoms with Crippen molar-refractivity contribution in [3.05, 3.63) is 54.1 Å². The van der Waals surface area contributed by atoms with E-state index >= 15 is 0 Å². The lowest BCUT2D eigenvalue weighted by Crippen LogP contribution is -2.17. The standard InChI is InChI=1S/C13H12N2O6S2/c14-22(18,19)10-5-3-4-9(8-10)15-23(20,21)12-7-2-1-6-11(12)13(16)17/h1-8,15H,(H,16,17)(H2,14,18,19). The second-order valence-corrected chi connectivity index (χ2v) is 7.69. The highest BCUT2D eigenvalue weighted by Crippen LogP contribution is 2.21. The van der Waals surface area contributed by atoms with E-state index in [1.807, 2.05) is 0 Å². The number of carboxylic acid groups (broad SMARTS) is 1. The lowest BCUT2D eigenvalue weighted by atomic mass is 10.2. The zero-order valence-electron chi connectivity index (χ0n) is 11.5. The van der Waals surface area contributed by atoms with Gasteiger partial charge in [0.1, 0.15) is 4.90 Å². The molecule has 0 aliphatic rings. The number of carboxylic acids is 1. The Hall–Kier alpha value is -2.43. The number of sulfonamides is 2. The molecule has 0 aliphatic heterocycles. The van der Waals surface area contributed by atoms with Gasteiger partial charge in [-0.3, -0.25) is 4.72 Å². The Morgan fingerprint density at radius 3 is 2.26 bits per heavy atom. The Labute approximate surface area is 132 Å². The summed E-state index contributed by atoms with van der Waals surface area (Å²) in [6, 6.07) is 9.92. The second kappa shape index (κ2) is 5.99. The van der Waals surface area contributed by atoms with Crippen LogP contribution in [-0.4, -0.2) is 27.9 Å². The SMILES string of the molecule is NS(=O)(=O)c1cccc(NS(=O)(=O)c2ccccc2C(=O)O)c1. The Balaban J connectivity index is 2.46. The largest absolute Gasteiger partial charge is 0.478 e. The first-order valence-corrected chi connectivity index (χ1v) is 9.12. The number of hydrogen-bond acceptors (Lipinski definition) is 5. The number of hydrogen-bond donors (Lipinski definition) is 3. The van der Waals surface area contributed by atoms with Crippen molar-refractivity contribution in [1.29, 1.82) is 0 Å². The van der Waals surface area contributed by atoms with Crippen LogP contribution in [0.5, 0.6) is 0 Å². The number of rotatable bonds is 5. The summed E-state index contributed by atoms with van der Waals surface area (Å²) in [6.45, 7) is 0. The van der Waals surface area contributed by atoms with Crippen molar-refractivity contribution in [2.75, 3.05) is 4.72 Å². The molecule has 8 nitrogen and oxygen atoms in total. The number of carbonyl (C=O) groups is 1. The summed E-state index contributed by atoms with van der Waals surface area (Å²) in [6.07, 6.45) is 0. The zero-order valence-corrected chi connectivity index (χ0v) is 13.1. The highest BCUT2D eigenvalue weighted by molar-refractivity contribution is 7.92. The maximum atomic E-state index is 12.3. The maximum absolute atomic E-state index is 12.3. The molecular weight excluding hydrogens is 344 g/mol.